The van der Waals surface area contributed by atoms with Crippen molar-refractivity contribution in [1.29, 1.82) is 0 Å². The third kappa shape index (κ3) is 3.90. The van der Waals surface area contributed by atoms with Gasteiger partial charge >= 0.3 is 187 Å². The molecule has 0 heterocycles. The molecule has 31 heavy (non-hydrogen) atoms. The van der Waals surface area contributed by atoms with Crippen molar-refractivity contribution in [1.82, 2.24) is 0 Å². The third-order valence-electron chi connectivity index (χ3n) is 6.14. The standard InChI is InChI=1S/C11H8F.3C6H5.Sn/c1-8-2-3-9-4-5-11(12)7-10(9)6-8;3*1-2-4-6-5-3-1;/h2-7H,1H2;3*1-5H;. The molecule has 150 valence electrons. The van der Waals surface area contributed by atoms with Crippen LogP contribution in [0.4, 0.5) is 4.39 Å². The van der Waals surface area contributed by atoms with Gasteiger partial charge in [-0.15, -0.1) is 0 Å². The second-order valence-electron chi connectivity index (χ2n) is 8.01. The summed E-state index contributed by atoms with van der Waals surface area (Å²) in [4.78, 5) is 0. The maximum atomic E-state index is 13.9. The van der Waals surface area contributed by atoms with Gasteiger partial charge in [-0.2, -0.15) is 0 Å². The SMILES string of the molecule is Fc1ccc2ccc([CH2][Sn]([c]3ccccc3)([c]3ccccc3)[c]3ccccc3)cc2c1. The topological polar surface area (TPSA) is 0 Å². The fraction of sp³-hybridized carbons (Fsp3) is 0.0345. The second-order valence-corrected chi connectivity index (χ2v) is 19.1. The number of hydrogen-bond donors (Lipinski definition) is 0. The average Bonchev–Trinajstić information content (AvgIpc) is 2.84. The molecule has 0 atom stereocenters. The Kier molecular flexibility index (Phi) is 5.60. The molecule has 0 unspecified atom stereocenters. The van der Waals surface area contributed by atoms with Crippen molar-refractivity contribution in [2.45, 2.75) is 4.44 Å². The fourth-order valence-corrected chi connectivity index (χ4v) is 18.2. The molecule has 0 saturated heterocycles. The van der Waals surface area contributed by atoms with E-state index in [1.54, 1.807) is 6.07 Å². The molecule has 5 aromatic rings. The van der Waals surface area contributed by atoms with Gasteiger partial charge in [-0.25, -0.2) is 0 Å². The van der Waals surface area contributed by atoms with E-state index in [4.69, 9.17) is 0 Å². The summed E-state index contributed by atoms with van der Waals surface area (Å²) in [6, 6.07) is 44.6. The first-order chi connectivity index (χ1) is 15.3. The van der Waals surface area contributed by atoms with E-state index < -0.39 is 18.4 Å². The molecule has 0 N–H and O–H groups in total. The van der Waals surface area contributed by atoms with Crippen LogP contribution in [0, 0.1) is 5.82 Å². The van der Waals surface area contributed by atoms with Gasteiger partial charge in [0, 0.05) is 0 Å². The number of hydrogen-bond acceptors (Lipinski definition) is 0. The molecule has 0 aliphatic carbocycles. The fourth-order valence-electron chi connectivity index (χ4n) is 4.66. The van der Waals surface area contributed by atoms with Crippen LogP contribution in [-0.2, 0) is 4.44 Å². The number of benzene rings is 5. The summed E-state index contributed by atoms with van der Waals surface area (Å²) in [6.45, 7) is 0. The van der Waals surface area contributed by atoms with Gasteiger partial charge in [0.2, 0.25) is 0 Å². The van der Waals surface area contributed by atoms with E-state index in [0.29, 0.717) is 0 Å². The van der Waals surface area contributed by atoms with Crippen molar-refractivity contribution in [3.05, 3.63) is 139 Å². The zero-order chi connectivity index (χ0) is 21.1. The van der Waals surface area contributed by atoms with Gasteiger partial charge in [0.25, 0.3) is 0 Å². The summed E-state index contributed by atoms with van der Waals surface area (Å²) in [7, 11) is 0. The normalized spacial score (nSPS) is 11.5. The van der Waals surface area contributed by atoms with Crippen LogP contribution < -0.4 is 10.7 Å². The zero-order valence-corrected chi connectivity index (χ0v) is 20.1. The van der Waals surface area contributed by atoms with Crippen LogP contribution in [0.2, 0.25) is 0 Å². The zero-order valence-electron chi connectivity index (χ0n) is 17.2. The monoisotopic (exact) mass is 510 g/mol. The molecule has 5 rings (SSSR count). The Morgan fingerprint density at radius 1 is 0.484 bits per heavy atom. The molecule has 2 heteroatoms. The van der Waals surface area contributed by atoms with Crippen molar-refractivity contribution < 1.29 is 4.39 Å². The number of fused-ring (bicyclic) bond motifs is 1. The summed E-state index contributed by atoms with van der Waals surface area (Å²) >= 11 is -3.38. The van der Waals surface area contributed by atoms with Crippen molar-refractivity contribution in [2.75, 3.05) is 0 Å². The summed E-state index contributed by atoms with van der Waals surface area (Å²) < 4.78 is 19.3. The van der Waals surface area contributed by atoms with E-state index in [-0.39, 0.29) is 5.82 Å². The van der Waals surface area contributed by atoms with Crippen molar-refractivity contribution >= 4 is 39.9 Å². The van der Waals surface area contributed by atoms with Gasteiger partial charge in [0.15, 0.2) is 0 Å². The van der Waals surface area contributed by atoms with E-state index in [1.165, 1.54) is 22.4 Å². The van der Waals surface area contributed by atoms with Crippen LogP contribution in [0.1, 0.15) is 5.56 Å². The Bertz CT molecular complexity index is 1200. The molecule has 0 fully saturated rings. The van der Waals surface area contributed by atoms with Crippen LogP contribution in [-0.4, -0.2) is 18.4 Å². The molecule has 0 aliphatic heterocycles. The van der Waals surface area contributed by atoms with Crippen molar-refractivity contribution in [3.8, 4) is 0 Å². The molecular formula is C29H23FSn. The maximum absolute atomic E-state index is 13.9. The molecule has 0 spiro atoms. The van der Waals surface area contributed by atoms with Crippen LogP contribution in [0.25, 0.3) is 10.8 Å². The quantitative estimate of drug-likeness (QED) is 0.285. The van der Waals surface area contributed by atoms with Crippen LogP contribution in [0.5, 0.6) is 0 Å². The average molecular weight is 509 g/mol. The third-order valence-corrected chi connectivity index (χ3v) is 20.1. The van der Waals surface area contributed by atoms with E-state index >= 15 is 0 Å². The van der Waals surface area contributed by atoms with Gasteiger partial charge in [-0.1, -0.05) is 0 Å². The Morgan fingerprint density at radius 3 is 1.48 bits per heavy atom. The minimum absolute atomic E-state index is 0.186. The molecule has 0 aromatic heterocycles. The Hall–Kier alpha value is -2.91. The first-order valence-electron chi connectivity index (χ1n) is 10.6. The van der Waals surface area contributed by atoms with Gasteiger partial charge < -0.3 is 0 Å². The Labute approximate surface area is 186 Å². The van der Waals surface area contributed by atoms with Gasteiger partial charge in [0.05, 0.1) is 0 Å². The molecule has 0 amide bonds. The predicted molar refractivity (Wildman–Crippen MR) is 132 cm³/mol. The molecule has 0 saturated carbocycles. The first-order valence-corrected chi connectivity index (χ1v) is 16.9. The molecule has 0 aliphatic rings. The minimum atomic E-state index is -3.38. The van der Waals surface area contributed by atoms with Gasteiger partial charge in [-0.05, 0) is 0 Å². The van der Waals surface area contributed by atoms with Crippen LogP contribution >= 0.6 is 0 Å². The van der Waals surface area contributed by atoms with E-state index in [9.17, 15) is 4.39 Å². The van der Waals surface area contributed by atoms with E-state index in [1.807, 2.05) is 6.07 Å². The molecular weight excluding hydrogens is 486 g/mol. The summed E-state index contributed by atoms with van der Waals surface area (Å²) in [6.07, 6.45) is 0. The second kappa shape index (κ2) is 8.68. The predicted octanol–water partition coefficient (Wildman–Crippen LogP) is 5.23. The Morgan fingerprint density at radius 2 is 0.968 bits per heavy atom. The van der Waals surface area contributed by atoms with E-state index in [2.05, 4.69) is 109 Å². The molecule has 0 radical (unpaired) electrons. The summed E-state index contributed by atoms with van der Waals surface area (Å²) in [5, 5.41) is 2.04. The molecule has 5 aromatic carbocycles. The first kappa shape index (κ1) is 20.0. The number of halogens is 1. The van der Waals surface area contributed by atoms with Crippen LogP contribution in [0.3, 0.4) is 0 Å². The van der Waals surface area contributed by atoms with Crippen molar-refractivity contribution in [2.24, 2.45) is 0 Å². The van der Waals surface area contributed by atoms with Gasteiger partial charge in [0.1, 0.15) is 0 Å². The summed E-state index contributed by atoms with van der Waals surface area (Å²) in [5.41, 5.74) is 1.27. The molecule has 0 bridgehead atoms. The number of rotatable bonds is 5. The van der Waals surface area contributed by atoms with E-state index in [0.717, 1.165) is 15.2 Å². The van der Waals surface area contributed by atoms with Crippen LogP contribution in [0.15, 0.2) is 127 Å². The summed E-state index contributed by atoms with van der Waals surface area (Å²) in [5.74, 6) is -0.186. The van der Waals surface area contributed by atoms with Gasteiger partial charge in [-0.3, -0.25) is 0 Å². The Balaban J connectivity index is 1.76. The molecule has 0 nitrogen and oxygen atoms in total. The van der Waals surface area contributed by atoms with Crippen molar-refractivity contribution in [3.63, 3.8) is 0 Å².